The van der Waals surface area contributed by atoms with Gasteiger partial charge in [0, 0.05) is 45.8 Å². The number of cyclic esters (lactones) is 1. The lowest BCUT2D eigenvalue weighted by Crippen LogP contribution is -2.30. The van der Waals surface area contributed by atoms with Gasteiger partial charge in [0.25, 0.3) is 5.91 Å². The number of aromatic nitrogens is 3. The van der Waals surface area contributed by atoms with E-state index in [9.17, 15) is 14.0 Å². The second kappa shape index (κ2) is 11.4. The monoisotopic (exact) mass is 553 g/mol. The molecule has 2 aromatic heterocycles. The summed E-state index contributed by atoms with van der Waals surface area (Å²) in [4.78, 5) is 41.9. The van der Waals surface area contributed by atoms with Crippen LogP contribution in [0.1, 0.15) is 47.5 Å². The van der Waals surface area contributed by atoms with Gasteiger partial charge in [-0.3, -0.25) is 15.1 Å². The SMILES string of the molecule is CC1CCN(c2ccc(CNC(=O)c3cncc(N(C)CCC4OC(=O)Nc5ccc(Cl)c(F)c54)n3)cn2)C1. The molecule has 10 nitrogen and oxygen atoms in total. The van der Waals surface area contributed by atoms with Crippen molar-refractivity contribution in [2.45, 2.75) is 32.4 Å². The molecule has 204 valence electrons. The summed E-state index contributed by atoms with van der Waals surface area (Å²) in [6.07, 6.45) is 4.64. The van der Waals surface area contributed by atoms with Crippen molar-refractivity contribution in [2.75, 3.05) is 41.8 Å². The highest BCUT2D eigenvalue weighted by atomic mass is 35.5. The molecule has 0 bridgehead atoms. The molecule has 2 amide bonds. The predicted molar refractivity (Wildman–Crippen MR) is 146 cm³/mol. The molecule has 5 rings (SSSR count). The molecule has 2 aliphatic heterocycles. The molecule has 2 unspecified atom stereocenters. The third kappa shape index (κ3) is 6.03. The van der Waals surface area contributed by atoms with Crippen LogP contribution in [0.3, 0.4) is 0 Å². The lowest BCUT2D eigenvalue weighted by Gasteiger charge is -2.28. The van der Waals surface area contributed by atoms with E-state index in [2.05, 4.69) is 37.4 Å². The second-order valence-corrected chi connectivity index (χ2v) is 10.3. The number of nitrogens with one attached hydrogen (secondary N) is 2. The fourth-order valence-electron chi connectivity index (χ4n) is 4.72. The summed E-state index contributed by atoms with van der Waals surface area (Å²) in [5, 5.41) is 5.30. The van der Waals surface area contributed by atoms with E-state index < -0.39 is 18.0 Å². The Morgan fingerprint density at radius 1 is 1.28 bits per heavy atom. The van der Waals surface area contributed by atoms with Crippen LogP contribution in [-0.2, 0) is 11.3 Å². The standard InChI is InChI=1S/C27H29ClFN7O3/c1-16-7-10-36(15-16)22-6-3-17(11-31-22)12-32-26(37)20-13-30-14-23(33-20)35(2)9-8-21-24-19(34-27(38)39-21)5-4-18(28)25(24)29/h3-6,11,13-14,16,21H,7-10,12,15H2,1-2H3,(H,32,37)(H,34,38). The molecular formula is C27H29ClFN7O3. The summed E-state index contributed by atoms with van der Waals surface area (Å²) in [5.41, 5.74) is 1.57. The summed E-state index contributed by atoms with van der Waals surface area (Å²) < 4.78 is 20.0. The second-order valence-electron chi connectivity index (χ2n) is 9.86. The van der Waals surface area contributed by atoms with Gasteiger partial charge < -0.3 is 19.9 Å². The summed E-state index contributed by atoms with van der Waals surface area (Å²) in [7, 11) is 1.76. The summed E-state index contributed by atoms with van der Waals surface area (Å²) in [5.74, 6) is 1.07. The van der Waals surface area contributed by atoms with Crippen molar-refractivity contribution >= 4 is 40.9 Å². The van der Waals surface area contributed by atoms with Crippen molar-refractivity contribution in [2.24, 2.45) is 5.92 Å². The lowest BCUT2D eigenvalue weighted by atomic mass is 10.0. The third-order valence-corrected chi connectivity index (χ3v) is 7.21. The van der Waals surface area contributed by atoms with Gasteiger partial charge in [-0.05, 0) is 36.1 Å². The van der Waals surface area contributed by atoms with Gasteiger partial charge in [-0.25, -0.2) is 19.2 Å². The minimum atomic E-state index is -0.830. The van der Waals surface area contributed by atoms with Crippen molar-refractivity contribution in [3.05, 3.63) is 70.5 Å². The molecule has 2 atom stereocenters. The highest BCUT2D eigenvalue weighted by molar-refractivity contribution is 6.31. The van der Waals surface area contributed by atoms with E-state index in [1.165, 1.54) is 24.9 Å². The molecule has 2 N–H and O–H groups in total. The Labute approximate surface area is 230 Å². The average molecular weight is 554 g/mol. The van der Waals surface area contributed by atoms with E-state index in [0.29, 0.717) is 30.5 Å². The maximum Gasteiger partial charge on any atom is 0.412 e. The zero-order valence-electron chi connectivity index (χ0n) is 21.7. The molecule has 3 aromatic rings. The quantitative estimate of drug-likeness (QED) is 0.417. The van der Waals surface area contributed by atoms with E-state index in [1.54, 1.807) is 24.2 Å². The molecule has 0 saturated carbocycles. The van der Waals surface area contributed by atoms with E-state index in [1.807, 2.05) is 12.1 Å². The van der Waals surface area contributed by atoms with Crippen molar-refractivity contribution in [1.29, 1.82) is 0 Å². The molecule has 0 spiro atoms. The number of ether oxygens (including phenoxy) is 1. The average Bonchev–Trinajstić information content (AvgIpc) is 3.38. The number of anilines is 3. The Hall–Kier alpha value is -3.99. The van der Waals surface area contributed by atoms with Gasteiger partial charge in [-0.15, -0.1) is 0 Å². The number of pyridine rings is 1. The smallest absolute Gasteiger partial charge is 0.412 e. The van der Waals surface area contributed by atoms with Crippen LogP contribution in [0, 0.1) is 11.7 Å². The molecule has 1 aromatic carbocycles. The van der Waals surface area contributed by atoms with Crippen LogP contribution in [0.2, 0.25) is 5.02 Å². The van der Waals surface area contributed by atoms with Crippen LogP contribution in [0.5, 0.6) is 0 Å². The predicted octanol–water partition coefficient (Wildman–Crippen LogP) is 4.57. The van der Waals surface area contributed by atoms with Crippen molar-refractivity contribution in [3.8, 4) is 0 Å². The van der Waals surface area contributed by atoms with E-state index in [0.717, 1.165) is 24.5 Å². The number of carbonyl (C=O) groups is 2. The van der Waals surface area contributed by atoms with Crippen LogP contribution in [0.15, 0.2) is 42.9 Å². The highest BCUT2D eigenvalue weighted by Crippen LogP contribution is 2.37. The summed E-state index contributed by atoms with van der Waals surface area (Å²) in [6, 6.07) is 6.87. The zero-order chi connectivity index (χ0) is 27.5. The molecule has 1 saturated heterocycles. The minimum absolute atomic E-state index is 0.0515. The Balaban J connectivity index is 1.18. The molecular weight excluding hydrogens is 525 g/mol. The van der Waals surface area contributed by atoms with Crippen molar-refractivity contribution < 1.29 is 18.7 Å². The van der Waals surface area contributed by atoms with Crippen LogP contribution in [0.4, 0.5) is 26.5 Å². The number of halogens is 2. The molecule has 0 radical (unpaired) electrons. The van der Waals surface area contributed by atoms with Gasteiger partial charge >= 0.3 is 6.09 Å². The number of benzene rings is 1. The Morgan fingerprint density at radius 2 is 2.13 bits per heavy atom. The molecule has 0 aliphatic carbocycles. The first-order chi connectivity index (χ1) is 18.8. The fourth-order valence-corrected chi connectivity index (χ4v) is 4.88. The first-order valence-electron chi connectivity index (χ1n) is 12.7. The largest absolute Gasteiger partial charge is 0.441 e. The van der Waals surface area contributed by atoms with Gasteiger partial charge in [0.15, 0.2) is 5.82 Å². The lowest BCUT2D eigenvalue weighted by molar-refractivity contribution is 0.0943. The number of carbonyl (C=O) groups excluding carboxylic acids is 2. The zero-order valence-corrected chi connectivity index (χ0v) is 22.4. The Kier molecular flexibility index (Phi) is 7.78. The molecule has 1 fully saturated rings. The van der Waals surface area contributed by atoms with E-state index in [-0.39, 0.29) is 28.6 Å². The number of amides is 2. The molecule has 2 aliphatic rings. The van der Waals surface area contributed by atoms with Gasteiger partial charge in [-0.2, -0.15) is 0 Å². The van der Waals surface area contributed by atoms with Crippen molar-refractivity contribution in [1.82, 2.24) is 20.3 Å². The topological polar surface area (TPSA) is 113 Å². The van der Waals surface area contributed by atoms with Crippen LogP contribution >= 0.6 is 11.6 Å². The first-order valence-corrected chi connectivity index (χ1v) is 13.1. The maximum absolute atomic E-state index is 14.7. The van der Waals surface area contributed by atoms with Crippen LogP contribution < -0.4 is 20.4 Å². The van der Waals surface area contributed by atoms with Gasteiger partial charge in [0.1, 0.15) is 23.4 Å². The maximum atomic E-state index is 14.7. The van der Waals surface area contributed by atoms with Gasteiger partial charge in [-0.1, -0.05) is 24.6 Å². The Morgan fingerprint density at radius 3 is 2.87 bits per heavy atom. The molecule has 12 heteroatoms. The number of hydrogen-bond donors (Lipinski definition) is 2. The summed E-state index contributed by atoms with van der Waals surface area (Å²) >= 11 is 5.94. The first kappa shape index (κ1) is 26.6. The number of rotatable bonds is 8. The number of fused-ring (bicyclic) bond motifs is 1. The van der Waals surface area contributed by atoms with Gasteiger partial charge in [0.2, 0.25) is 0 Å². The van der Waals surface area contributed by atoms with Crippen LogP contribution in [0.25, 0.3) is 0 Å². The highest BCUT2D eigenvalue weighted by Gasteiger charge is 2.30. The molecule has 4 heterocycles. The fraction of sp³-hybridized carbons (Fsp3) is 0.370. The number of hydrogen-bond acceptors (Lipinski definition) is 8. The molecule has 39 heavy (non-hydrogen) atoms. The minimum Gasteiger partial charge on any atom is -0.441 e. The normalized spacial score (nSPS) is 18.3. The van der Waals surface area contributed by atoms with Crippen LogP contribution in [-0.4, -0.2) is 53.6 Å². The van der Waals surface area contributed by atoms with E-state index >= 15 is 0 Å². The van der Waals surface area contributed by atoms with Crippen molar-refractivity contribution in [3.63, 3.8) is 0 Å². The van der Waals surface area contributed by atoms with Gasteiger partial charge in [0.05, 0.1) is 28.7 Å². The third-order valence-electron chi connectivity index (χ3n) is 6.92. The number of nitrogens with zero attached hydrogens (tertiary/aromatic N) is 5. The van der Waals surface area contributed by atoms with E-state index in [4.69, 9.17) is 16.3 Å². The Bertz CT molecular complexity index is 1370. The summed E-state index contributed by atoms with van der Waals surface area (Å²) in [6.45, 7) is 4.90.